The molecule has 4 aromatic heterocycles. The van der Waals surface area contributed by atoms with Crippen LogP contribution in [-0.2, 0) is 0 Å². The van der Waals surface area contributed by atoms with Gasteiger partial charge in [0.1, 0.15) is 5.69 Å². The van der Waals surface area contributed by atoms with Gasteiger partial charge in [0.25, 0.3) is 0 Å². The monoisotopic (exact) mass is 792 g/mol. The highest BCUT2D eigenvalue weighted by molar-refractivity contribution is 6.15. The molecule has 0 fully saturated rings. The van der Waals surface area contributed by atoms with Gasteiger partial charge in [-0.1, -0.05) is 188 Å². The van der Waals surface area contributed by atoms with Crippen molar-refractivity contribution in [3.05, 3.63) is 218 Å². The van der Waals surface area contributed by atoms with Gasteiger partial charge in [-0.25, -0.2) is 19.5 Å². The van der Waals surface area contributed by atoms with Crippen LogP contribution in [0.25, 0.3) is 112 Å². The highest BCUT2D eigenvalue weighted by atomic mass is 15.2. The molecule has 0 saturated carbocycles. The lowest BCUT2D eigenvalue weighted by atomic mass is 9.96. The van der Waals surface area contributed by atoms with E-state index >= 15 is 0 Å². The number of benzene rings is 8. The first kappa shape index (κ1) is 35.5. The number of rotatable bonds is 7. The van der Waals surface area contributed by atoms with Crippen LogP contribution in [0.1, 0.15) is 0 Å². The molecule has 0 bridgehead atoms. The fourth-order valence-electron chi connectivity index (χ4n) is 8.96. The lowest BCUT2D eigenvalue weighted by molar-refractivity contribution is 0.979. The highest BCUT2D eigenvalue weighted by Gasteiger charge is 2.23. The molecule has 0 aliphatic heterocycles. The molecule has 0 saturated heterocycles. The molecule has 0 radical (unpaired) electrons. The van der Waals surface area contributed by atoms with Crippen molar-refractivity contribution in [2.45, 2.75) is 0 Å². The maximum Gasteiger partial charge on any atom is 0.164 e. The van der Waals surface area contributed by atoms with E-state index in [2.05, 4.69) is 209 Å². The molecular formula is C56H36N6. The van der Waals surface area contributed by atoms with E-state index in [1.165, 1.54) is 0 Å². The van der Waals surface area contributed by atoms with Gasteiger partial charge in [-0.3, -0.25) is 0 Å². The van der Waals surface area contributed by atoms with Crippen LogP contribution < -0.4 is 0 Å². The van der Waals surface area contributed by atoms with Gasteiger partial charge in [0.05, 0.1) is 22.2 Å². The van der Waals surface area contributed by atoms with Gasteiger partial charge in [0.2, 0.25) is 0 Å². The standard InChI is InChI=1S/C56H36N6/c1-5-18-37(19-6-1)49-36-42-24-13-14-27-44(42)53-50(38-20-7-2-8-21-38)52(60-62(49)53)39-32-34-41(35-33-39)55-57-54(40-22-9-3-10-23-40)58-56(59-55)46-29-17-31-48-51(46)45-28-15-16-30-47(45)61(48)43-25-11-4-12-26-43/h1-36H. The Labute approximate surface area is 357 Å². The first-order valence-corrected chi connectivity index (χ1v) is 20.8. The SMILES string of the molecule is c1ccc(-c2nc(-c3ccc(-c4nn5c(-c6ccccc6)cc6ccccc6c5c4-c4ccccc4)cc3)nc(-c3cccc4c3c3ccccc3n4-c3ccccc3)n2)cc1. The van der Waals surface area contributed by atoms with Crippen LogP contribution in [0.5, 0.6) is 0 Å². The molecule has 0 spiro atoms. The Morgan fingerprint density at radius 1 is 0.371 bits per heavy atom. The van der Waals surface area contributed by atoms with Gasteiger partial charge in [-0.15, -0.1) is 0 Å². The van der Waals surface area contributed by atoms with E-state index in [9.17, 15) is 0 Å². The summed E-state index contributed by atoms with van der Waals surface area (Å²) >= 11 is 0. The lowest BCUT2D eigenvalue weighted by Gasteiger charge is -2.11. The molecule has 12 aromatic rings. The fraction of sp³-hybridized carbons (Fsp3) is 0. The zero-order chi connectivity index (χ0) is 41.0. The molecule has 290 valence electrons. The van der Waals surface area contributed by atoms with Crippen LogP contribution in [0.4, 0.5) is 0 Å². The summed E-state index contributed by atoms with van der Waals surface area (Å²) in [4.78, 5) is 15.6. The third-order valence-corrected chi connectivity index (χ3v) is 11.8. The third-order valence-electron chi connectivity index (χ3n) is 11.8. The van der Waals surface area contributed by atoms with Crippen LogP contribution in [0.3, 0.4) is 0 Å². The first-order valence-electron chi connectivity index (χ1n) is 20.8. The van der Waals surface area contributed by atoms with E-state index in [0.29, 0.717) is 17.5 Å². The second-order valence-electron chi connectivity index (χ2n) is 15.5. The number of para-hydroxylation sites is 2. The van der Waals surface area contributed by atoms with E-state index < -0.39 is 0 Å². The van der Waals surface area contributed by atoms with Crippen LogP contribution in [0.2, 0.25) is 0 Å². The Bertz CT molecular complexity index is 3600. The van der Waals surface area contributed by atoms with Gasteiger partial charge in [-0.05, 0) is 41.3 Å². The third kappa shape index (κ3) is 5.88. The average Bonchev–Trinajstić information content (AvgIpc) is 3.92. The summed E-state index contributed by atoms with van der Waals surface area (Å²) < 4.78 is 4.45. The molecule has 6 nitrogen and oxygen atoms in total. The smallest absolute Gasteiger partial charge is 0.164 e. The van der Waals surface area contributed by atoms with Crippen molar-refractivity contribution in [1.29, 1.82) is 0 Å². The van der Waals surface area contributed by atoms with E-state index in [1.807, 2.05) is 18.2 Å². The van der Waals surface area contributed by atoms with Crippen molar-refractivity contribution in [2.24, 2.45) is 0 Å². The van der Waals surface area contributed by atoms with Crippen LogP contribution in [0.15, 0.2) is 218 Å². The Kier molecular flexibility index (Phi) is 8.38. The van der Waals surface area contributed by atoms with Crippen molar-refractivity contribution in [2.75, 3.05) is 0 Å². The summed E-state index contributed by atoms with van der Waals surface area (Å²) in [6, 6.07) is 76.1. The zero-order valence-corrected chi connectivity index (χ0v) is 33.5. The van der Waals surface area contributed by atoms with Gasteiger partial charge in [0.15, 0.2) is 17.5 Å². The van der Waals surface area contributed by atoms with E-state index in [4.69, 9.17) is 20.1 Å². The number of hydrogen-bond donors (Lipinski definition) is 0. The molecular weight excluding hydrogens is 757 g/mol. The maximum absolute atomic E-state index is 5.45. The van der Waals surface area contributed by atoms with E-state index in [0.717, 1.165) is 94.1 Å². The zero-order valence-electron chi connectivity index (χ0n) is 33.5. The van der Waals surface area contributed by atoms with Crippen LogP contribution in [0, 0.1) is 0 Å². The van der Waals surface area contributed by atoms with Crippen LogP contribution in [-0.4, -0.2) is 29.1 Å². The van der Waals surface area contributed by atoms with Gasteiger partial charge >= 0.3 is 0 Å². The largest absolute Gasteiger partial charge is 0.309 e. The summed E-state index contributed by atoms with van der Waals surface area (Å²) in [5.74, 6) is 1.83. The molecule has 4 heterocycles. The van der Waals surface area contributed by atoms with Crippen molar-refractivity contribution >= 4 is 38.1 Å². The second kappa shape index (κ2) is 14.7. The molecule has 12 rings (SSSR count). The van der Waals surface area contributed by atoms with Crippen molar-refractivity contribution in [1.82, 2.24) is 29.1 Å². The number of nitrogens with zero attached hydrogens (tertiary/aromatic N) is 6. The summed E-state index contributed by atoms with van der Waals surface area (Å²) in [5, 5.41) is 10.00. The van der Waals surface area contributed by atoms with Crippen molar-refractivity contribution in [3.8, 4) is 73.5 Å². The number of aromatic nitrogens is 6. The minimum Gasteiger partial charge on any atom is -0.309 e. The minimum atomic E-state index is 0.597. The quantitative estimate of drug-likeness (QED) is 0.161. The average molecular weight is 793 g/mol. The molecule has 6 heteroatoms. The molecule has 0 aliphatic carbocycles. The molecule has 0 amide bonds. The molecule has 0 atom stereocenters. The van der Waals surface area contributed by atoms with Crippen molar-refractivity contribution < 1.29 is 0 Å². The molecule has 8 aromatic carbocycles. The summed E-state index contributed by atoms with van der Waals surface area (Å²) in [6.45, 7) is 0. The predicted octanol–water partition coefficient (Wildman–Crippen LogP) is 13.8. The Balaban J connectivity index is 1.05. The topological polar surface area (TPSA) is 60.9 Å². The maximum atomic E-state index is 5.45. The van der Waals surface area contributed by atoms with Crippen LogP contribution >= 0.6 is 0 Å². The number of fused-ring (bicyclic) bond motifs is 6. The number of pyridine rings is 1. The summed E-state index contributed by atoms with van der Waals surface area (Å²) in [7, 11) is 0. The van der Waals surface area contributed by atoms with E-state index in [1.54, 1.807) is 0 Å². The number of hydrogen-bond acceptors (Lipinski definition) is 4. The van der Waals surface area contributed by atoms with E-state index in [-0.39, 0.29) is 0 Å². The summed E-state index contributed by atoms with van der Waals surface area (Å²) in [6.07, 6.45) is 0. The molecule has 0 aliphatic rings. The molecule has 0 N–H and O–H groups in total. The normalized spacial score (nSPS) is 11.5. The predicted molar refractivity (Wildman–Crippen MR) is 253 cm³/mol. The second-order valence-corrected chi connectivity index (χ2v) is 15.5. The molecule has 62 heavy (non-hydrogen) atoms. The Hall–Kier alpha value is -8.48. The van der Waals surface area contributed by atoms with Gasteiger partial charge in [-0.2, -0.15) is 5.10 Å². The highest BCUT2D eigenvalue weighted by Crippen LogP contribution is 2.42. The fourth-order valence-corrected chi connectivity index (χ4v) is 8.96. The van der Waals surface area contributed by atoms with Crippen molar-refractivity contribution in [3.63, 3.8) is 0 Å². The van der Waals surface area contributed by atoms with Gasteiger partial charge in [0, 0.05) is 55.2 Å². The molecule has 0 unspecified atom stereocenters. The Morgan fingerprint density at radius 3 is 1.61 bits per heavy atom. The van der Waals surface area contributed by atoms with Gasteiger partial charge < -0.3 is 4.57 Å². The summed E-state index contributed by atoms with van der Waals surface area (Å²) in [5.41, 5.74) is 13.4. The first-order chi connectivity index (χ1) is 30.8. The lowest BCUT2D eigenvalue weighted by Crippen LogP contribution is -2.00. The minimum absolute atomic E-state index is 0.597. The Morgan fingerprint density at radius 2 is 0.903 bits per heavy atom.